The van der Waals surface area contributed by atoms with Crippen LogP contribution in [0.4, 0.5) is 4.39 Å². The van der Waals surface area contributed by atoms with Gasteiger partial charge >= 0.3 is 0 Å². The summed E-state index contributed by atoms with van der Waals surface area (Å²) in [5.41, 5.74) is 6.84. The topological polar surface area (TPSA) is 63.4 Å². The van der Waals surface area contributed by atoms with Crippen LogP contribution in [0.15, 0.2) is 24.3 Å². The van der Waals surface area contributed by atoms with E-state index in [1.807, 2.05) is 4.90 Å². The molecule has 0 aliphatic carbocycles. The molecule has 0 amide bonds. The van der Waals surface area contributed by atoms with Gasteiger partial charge in [-0.05, 0) is 24.1 Å². The van der Waals surface area contributed by atoms with Gasteiger partial charge in [-0.15, -0.1) is 0 Å². The molecule has 2 N–H and O–H groups in total. The maximum absolute atomic E-state index is 13.2. The first-order valence-corrected chi connectivity index (χ1v) is 10.0. The number of hydrogen-bond acceptors (Lipinski definition) is 5. The van der Waals surface area contributed by atoms with E-state index in [9.17, 15) is 12.8 Å². The zero-order valence-electron chi connectivity index (χ0n) is 12.0. The Bertz CT molecular complexity index is 580. The van der Waals surface area contributed by atoms with Gasteiger partial charge in [-0.1, -0.05) is 12.1 Å². The van der Waals surface area contributed by atoms with Crippen LogP contribution in [0.3, 0.4) is 0 Å². The lowest BCUT2D eigenvalue weighted by molar-refractivity contribution is 0.260. The summed E-state index contributed by atoms with van der Waals surface area (Å²) in [5.74, 6) is 1.24. The van der Waals surface area contributed by atoms with Crippen molar-refractivity contribution in [3.05, 3.63) is 35.6 Å². The van der Waals surface area contributed by atoms with E-state index in [-0.39, 0.29) is 11.9 Å². The molecule has 118 valence electrons. The van der Waals surface area contributed by atoms with Gasteiger partial charge in [0.2, 0.25) is 0 Å². The van der Waals surface area contributed by atoms with E-state index in [4.69, 9.17) is 5.73 Å². The standard InChI is InChI=1S/C14H21FN2O2S2/c1-21(18,19)14-10-20-8-7-17(14)6-5-13(16)11-3-2-4-12(15)9-11/h2-4,9,13-14H,5-8,10,16H2,1H3. The molecule has 0 radical (unpaired) electrons. The molecule has 1 aromatic carbocycles. The zero-order valence-corrected chi connectivity index (χ0v) is 13.7. The Morgan fingerprint density at radius 3 is 2.95 bits per heavy atom. The lowest BCUT2D eigenvalue weighted by Gasteiger charge is -2.34. The van der Waals surface area contributed by atoms with E-state index in [0.717, 1.165) is 17.9 Å². The summed E-state index contributed by atoms with van der Waals surface area (Å²) in [4.78, 5) is 1.98. The van der Waals surface area contributed by atoms with Crippen molar-refractivity contribution in [2.45, 2.75) is 17.8 Å². The maximum Gasteiger partial charge on any atom is 0.164 e. The fourth-order valence-corrected chi connectivity index (χ4v) is 5.45. The summed E-state index contributed by atoms with van der Waals surface area (Å²) >= 11 is 1.66. The van der Waals surface area contributed by atoms with Crippen LogP contribution in [-0.4, -0.2) is 49.5 Å². The Morgan fingerprint density at radius 2 is 2.29 bits per heavy atom. The van der Waals surface area contributed by atoms with Gasteiger partial charge in [0.1, 0.15) is 11.2 Å². The molecule has 0 bridgehead atoms. The van der Waals surface area contributed by atoms with E-state index < -0.39 is 15.2 Å². The fraction of sp³-hybridized carbons (Fsp3) is 0.571. The van der Waals surface area contributed by atoms with E-state index in [1.54, 1.807) is 23.9 Å². The van der Waals surface area contributed by atoms with E-state index >= 15 is 0 Å². The minimum atomic E-state index is -3.09. The molecule has 7 heteroatoms. The summed E-state index contributed by atoms with van der Waals surface area (Å²) in [5, 5.41) is -0.434. The van der Waals surface area contributed by atoms with E-state index in [0.29, 0.717) is 18.7 Å². The van der Waals surface area contributed by atoms with Gasteiger partial charge < -0.3 is 5.73 Å². The second-order valence-corrected chi connectivity index (χ2v) is 8.70. The Kier molecular flexibility index (Phi) is 5.65. The number of halogens is 1. The highest BCUT2D eigenvalue weighted by Crippen LogP contribution is 2.22. The third kappa shape index (κ3) is 4.67. The summed E-state index contributed by atoms with van der Waals surface area (Å²) in [7, 11) is -3.09. The second kappa shape index (κ2) is 7.09. The van der Waals surface area contributed by atoms with Gasteiger partial charge in [0.25, 0.3) is 0 Å². The van der Waals surface area contributed by atoms with Crippen molar-refractivity contribution in [3.63, 3.8) is 0 Å². The molecule has 0 spiro atoms. The quantitative estimate of drug-likeness (QED) is 0.888. The third-order valence-corrected chi connectivity index (χ3v) is 6.38. The number of thioether (sulfide) groups is 1. The highest BCUT2D eigenvalue weighted by molar-refractivity contribution is 8.00. The van der Waals surface area contributed by atoms with Crippen LogP contribution in [0.2, 0.25) is 0 Å². The summed E-state index contributed by atoms with van der Waals surface area (Å²) in [6, 6.07) is 5.98. The van der Waals surface area contributed by atoms with Crippen molar-refractivity contribution in [2.24, 2.45) is 5.73 Å². The lowest BCUT2D eigenvalue weighted by Crippen LogP contribution is -2.47. The molecule has 0 saturated carbocycles. The van der Waals surface area contributed by atoms with Crippen molar-refractivity contribution in [2.75, 3.05) is 30.9 Å². The number of nitrogens with zero attached hydrogens (tertiary/aromatic N) is 1. The molecule has 1 saturated heterocycles. The molecule has 1 aliphatic heterocycles. The van der Waals surface area contributed by atoms with Gasteiger partial charge in [0.05, 0.1) is 0 Å². The van der Waals surface area contributed by atoms with Crippen LogP contribution in [0, 0.1) is 5.82 Å². The Labute approximate surface area is 129 Å². The summed E-state index contributed by atoms with van der Waals surface area (Å²) in [6.07, 6.45) is 1.89. The molecule has 4 nitrogen and oxygen atoms in total. The van der Waals surface area contributed by atoms with E-state index in [2.05, 4.69) is 0 Å². The third-order valence-electron chi connectivity index (χ3n) is 3.69. The number of nitrogens with two attached hydrogens (primary N) is 1. The van der Waals surface area contributed by atoms with Crippen LogP contribution in [-0.2, 0) is 9.84 Å². The van der Waals surface area contributed by atoms with Gasteiger partial charge in [-0.3, -0.25) is 4.90 Å². The molecule has 1 aliphatic rings. The van der Waals surface area contributed by atoms with Crippen molar-refractivity contribution in [3.8, 4) is 0 Å². The molecule has 2 unspecified atom stereocenters. The Hall–Kier alpha value is -0.630. The minimum absolute atomic E-state index is 0.282. The minimum Gasteiger partial charge on any atom is -0.324 e. The average Bonchev–Trinajstić information content (AvgIpc) is 2.44. The predicted octanol–water partition coefficient (Wildman–Crippen LogP) is 1.64. The highest BCUT2D eigenvalue weighted by Gasteiger charge is 2.30. The van der Waals surface area contributed by atoms with E-state index in [1.165, 1.54) is 18.4 Å². The molecule has 2 atom stereocenters. The maximum atomic E-state index is 13.2. The van der Waals surface area contributed by atoms with Gasteiger partial charge in [0.15, 0.2) is 9.84 Å². The fourth-order valence-electron chi connectivity index (χ4n) is 2.47. The van der Waals surface area contributed by atoms with Gasteiger partial charge in [-0.25, -0.2) is 12.8 Å². The number of rotatable bonds is 5. The lowest BCUT2D eigenvalue weighted by atomic mass is 10.0. The summed E-state index contributed by atoms with van der Waals surface area (Å²) in [6.45, 7) is 1.36. The number of hydrogen-bond donors (Lipinski definition) is 1. The molecular weight excluding hydrogens is 311 g/mol. The van der Waals surface area contributed by atoms with Crippen LogP contribution in [0.5, 0.6) is 0 Å². The zero-order chi connectivity index (χ0) is 15.5. The van der Waals surface area contributed by atoms with Crippen molar-refractivity contribution in [1.29, 1.82) is 0 Å². The van der Waals surface area contributed by atoms with Gasteiger partial charge in [0, 0.05) is 36.9 Å². The molecule has 21 heavy (non-hydrogen) atoms. The first-order chi connectivity index (χ1) is 9.88. The first-order valence-electron chi connectivity index (χ1n) is 6.89. The largest absolute Gasteiger partial charge is 0.324 e. The SMILES string of the molecule is CS(=O)(=O)C1CSCCN1CCC(N)c1cccc(F)c1. The van der Waals surface area contributed by atoms with Crippen LogP contribution in [0.1, 0.15) is 18.0 Å². The van der Waals surface area contributed by atoms with Crippen molar-refractivity contribution >= 4 is 21.6 Å². The average molecular weight is 332 g/mol. The molecule has 2 rings (SSSR count). The monoisotopic (exact) mass is 332 g/mol. The summed E-state index contributed by atoms with van der Waals surface area (Å²) < 4.78 is 36.8. The Morgan fingerprint density at radius 1 is 1.52 bits per heavy atom. The predicted molar refractivity (Wildman–Crippen MR) is 85.5 cm³/mol. The molecule has 1 aromatic rings. The number of benzene rings is 1. The van der Waals surface area contributed by atoms with Crippen LogP contribution < -0.4 is 5.73 Å². The normalized spacial score (nSPS) is 22.1. The first kappa shape index (κ1) is 16.7. The van der Waals surface area contributed by atoms with Gasteiger partial charge in [-0.2, -0.15) is 11.8 Å². The molecule has 1 heterocycles. The molecule has 1 fully saturated rings. The number of sulfone groups is 1. The van der Waals surface area contributed by atoms with Crippen molar-refractivity contribution < 1.29 is 12.8 Å². The van der Waals surface area contributed by atoms with Crippen LogP contribution in [0.25, 0.3) is 0 Å². The molecule has 0 aromatic heterocycles. The highest BCUT2D eigenvalue weighted by atomic mass is 32.2. The smallest absolute Gasteiger partial charge is 0.164 e. The second-order valence-electron chi connectivity index (χ2n) is 5.35. The van der Waals surface area contributed by atoms with Crippen molar-refractivity contribution in [1.82, 2.24) is 4.90 Å². The van der Waals surface area contributed by atoms with Crippen LogP contribution >= 0.6 is 11.8 Å². The molecular formula is C14H21FN2O2S2. The Balaban J connectivity index is 1.97.